The molecule has 0 saturated heterocycles. The van der Waals surface area contributed by atoms with Gasteiger partial charge in [0.15, 0.2) is 19.3 Å². The third kappa shape index (κ3) is 32.4. The second-order valence-electron chi connectivity index (χ2n) is 28.4. The molecule has 2 aliphatic carbocycles. The molecule has 1 atom stereocenters. The summed E-state index contributed by atoms with van der Waals surface area (Å²) in [5, 5.41) is 0. The lowest BCUT2D eigenvalue weighted by Crippen LogP contribution is -2.62. The lowest BCUT2D eigenvalue weighted by Gasteiger charge is -2.37. The number of alkyl halides is 12. The van der Waals surface area contributed by atoms with E-state index in [4.69, 9.17) is 14.2 Å². The Morgan fingerprint density at radius 2 is 0.674 bits per heavy atom. The number of ether oxygens (including phenoxy) is 8. The Morgan fingerprint density at radius 1 is 0.368 bits per heavy atom. The van der Waals surface area contributed by atoms with Gasteiger partial charge < -0.3 is 37.9 Å². The second-order valence-corrected chi connectivity index (χ2v) is 28.4. The highest BCUT2D eigenvalue weighted by molar-refractivity contribution is 5.85. The van der Waals surface area contributed by atoms with Gasteiger partial charge in [-0.3, -0.25) is 24.0 Å². The molecule has 28 heteroatoms. The zero-order chi connectivity index (χ0) is 75.5. The number of hydrogen-bond acceptors (Lipinski definition) is 16. The van der Waals surface area contributed by atoms with Gasteiger partial charge in [0.25, 0.3) is 0 Å². The summed E-state index contributed by atoms with van der Waals surface area (Å²) in [4.78, 5) is 92.4. The molecule has 0 aromatic carbocycles. The molecule has 0 bridgehead atoms. The smallest absolute Gasteiger partial charge is 0.425 e. The summed E-state index contributed by atoms with van der Waals surface area (Å²) in [6.45, 7) is 32.6. The number of esters is 8. The number of carbonyl (C=O) groups excluding carboxylic acids is 8. The molecule has 2 aliphatic rings. The van der Waals surface area contributed by atoms with Crippen LogP contribution < -0.4 is 0 Å². The fourth-order valence-electron chi connectivity index (χ4n) is 7.52. The van der Waals surface area contributed by atoms with Crippen molar-refractivity contribution in [3.05, 3.63) is 0 Å². The van der Waals surface area contributed by atoms with Crippen molar-refractivity contribution in [3.63, 3.8) is 0 Å². The summed E-state index contributed by atoms with van der Waals surface area (Å²) >= 11 is 0. The maximum absolute atomic E-state index is 13.9. The summed E-state index contributed by atoms with van der Waals surface area (Å²) in [5.41, 5.74) is -4.77. The maximum Gasteiger partial charge on any atom is 0.425 e. The van der Waals surface area contributed by atoms with E-state index in [0.29, 0.717) is 19.3 Å². The quantitative estimate of drug-likeness (QED) is 0.0425. The highest BCUT2D eigenvalue weighted by Crippen LogP contribution is 2.48. The highest BCUT2D eigenvalue weighted by atomic mass is 19.4. The number of hydrogen-bond donors (Lipinski definition) is 0. The molecule has 1 unspecified atom stereocenters. The van der Waals surface area contributed by atoms with Gasteiger partial charge in [0.2, 0.25) is 0 Å². The summed E-state index contributed by atoms with van der Waals surface area (Å²) in [5.74, 6) is -27.7. The number of rotatable bonds is 27. The van der Waals surface area contributed by atoms with Gasteiger partial charge in [0, 0.05) is 5.41 Å². The fourth-order valence-corrected chi connectivity index (χ4v) is 7.52. The van der Waals surface area contributed by atoms with E-state index in [1.165, 1.54) is 58.8 Å². The molecule has 0 aromatic heterocycles. The molecule has 0 amide bonds. The molecule has 0 aliphatic heterocycles. The Hall–Kier alpha value is -5.08. The van der Waals surface area contributed by atoms with Crippen LogP contribution >= 0.6 is 0 Å². The molecular formula is C67H112F12O16. The van der Waals surface area contributed by atoms with Crippen molar-refractivity contribution >= 4 is 47.8 Å². The van der Waals surface area contributed by atoms with Gasteiger partial charge in [-0.05, 0) is 186 Å². The standard InChI is InChI=1S/C19H28F6O6.C16H30O2.C13H24O2.C10H15F3O4.C9H15F3O2/c1-8-16(6,7)12(26)29-9-15(4,5)10-30-13(27)17(20,21)19(24,25)18(22,23)14(28)31-11(2)3;1-5-15(3,4)14(17)18-16(6-2)12-10-8-7-9-11-13-16;1-5-12(3,4)11(14)15-13(6-2)9-7-8-10-13;1-4-9(2,3)8(15)16-5-7(14)17-6-10(11,12)13;1-5-8(3,4)7(13)14-6(2)9(10,11)12/h11H,8-10H2,1-7H3;5-13H2,1-4H3;5-10H2,1-4H3;4-6H2,1-3H3;6H,5H2,1-4H3. The van der Waals surface area contributed by atoms with E-state index in [1.807, 2.05) is 34.6 Å². The van der Waals surface area contributed by atoms with E-state index in [9.17, 15) is 91.0 Å². The lowest BCUT2D eigenvalue weighted by atomic mass is 9.83. The second kappa shape index (κ2) is 38.9. The van der Waals surface area contributed by atoms with Gasteiger partial charge >= 0.3 is 77.9 Å². The minimum Gasteiger partial charge on any atom is -0.465 e. The van der Waals surface area contributed by atoms with Crippen LogP contribution in [0.25, 0.3) is 0 Å². The van der Waals surface area contributed by atoms with E-state index >= 15 is 0 Å². The maximum atomic E-state index is 13.9. The Labute approximate surface area is 555 Å². The van der Waals surface area contributed by atoms with Crippen molar-refractivity contribution in [2.45, 2.75) is 321 Å². The van der Waals surface area contributed by atoms with Crippen LogP contribution in [-0.2, 0) is 76.3 Å². The van der Waals surface area contributed by atoms with E-state index < -0.39 is 126 Å². The van der Waals surface area contributed by atoms with Gasteiger partial charge in [-0.25, -0.2) is 14.4 Å². The first-order chi connectivity index (χ1) is 42.8. The van der Waals surface area contributed by atoms with Crippen LogP contribution in [0, 0.1) is 32.5 Å². The topological polar surface area (TPSA) is 210 Å². The lowest BCUT2D eigenvalue weighted by molar-refractivity contribution is -0.302. The fraction of sp³-hybridized carbons (Fsp3) is 0.881. The largest absolute Gasteiger partial charge is 0.465 e. The van der Waals surface area contributed by atoms with Crippen LogP contribution in [0.1, 0.15) is 268 Å². The van der Waals surface area contributed by atoms with Crippen molar-refractivity contribution in [2.75, 3.05) is 26.4 Å². The number of halogens is 12. The SMILES string of the molecule is CCC(C)(C)C(=O)OC(C)C(F)(F)F.CCC(C)(C)C(=O)OCC(=O)OCC(F)(F)F.CCC(C)(C)C(=O)OCC(C)(C)COC(=O)C(F)(F)C(F)(F)C(F)(F)C(=O)OC(C)C.CCC1(OC(=O)C(C)(C)CC)CCCC1.CCC1(OC(=O)C(C)(C)CC)CCCCCCC1. The number of carbonyl (C=O) groups is 8. The summed E-state index contributed by atoms with van der Waals surface area (Å²) in [6, 6.07) is 0. The van der Waals surface area contributed by atoms with Crippen molar-refractivity contribution in [1.82, 2.24) is 0 Å². The first-order valence-corrected chi connectivity index (χ1v) is 32.6. The van der Waals surface area contributed by atoms with Crippen LogP contribution in [0.4, 0.5) is 52.7 Å². The first-order valence-electron chi connectivity index (χ1n) is 32.6. The molecule has 0 spiro atoms. The average molecular weight is 1400 g/mol. The molecule has 0 aromatic rings. The van der Waals surface area contributed by atoms with E-state index in [0.717, 1.165) is 72.1 Å². The third-order valence-electron chi connectivity index (χ3n) is 17.2. The molecule has 16 nitrogen and oxygen atoms in total. The molecule has 2 rings (SSSR count). The average Bonchev–Trinajstić information content (AvgIpc) is 1.10. The van der Waals surface area contributed by atoms with Gasteiger partial charge in [-0.1, -0.05) is 81.6 Å². The van der Waals surface area contributed by atoms with Crippen LogP contribution in [-0.4, -0.2) is 128 Å². The van der Waals surface area contributed by atoms with Gasteiger partial charge in [0.05, 0.1) is 46.4 Å². The Kier molecular flexibility index (Phi) is 38.5. The molecular weight excluding hydrogens is 1290 g/mol. The van der Waals surface area contributed by atoms with E-state index in [2.05, 4.69) is 44.5 Å². The zero-order valence-corrected chi connectivity index (χ0v) is 60.3. The Morgan fingerprint density at radius 3 is 1.00 bits per heavy atom. The molecule has 0 heterocycles. The van der Waals surface area contributed by atoms with Crippen LogP contribution in [0.3, 0.4) is 0 Å². The Bertz CT molecular complexity index is 2380. The predicted octanol–water partition coefficient (Wildman–Crippen LogP) is 17.9. The van der Waals surface area contributed by atoms with Crippen LogP contribution in [0.5, 0.6) is 0 Å². The van der Waals surface area contributed by atoms with Crippen molar-refractivity contribution in [1.29, 1.82) is 0 Å². The van der Waals surface area contributed by atoms with Crippen molar-refractivity contribution in [2.24, 2.45) is 32.5 Å². The summed E-state index contributed by atoms with van der Waals surface area (Å²) < 4.78 is 191. The first kappa shape index (κ1) is 94.1. The van der Waals surface area contributed by atoms with E-state index in [-0.39, 0.29) is 34.0 Å². The van der Waals surface area contributed by atoms with Gasteiger partial charge in [0.1, 0.15) is 11.2 Å². The Balaban J connectivity index is -0.00000116. The summed E-state index contributed by atoms with van der Waals surface area (Å²) in [6.07, 6.45) is 5.47. The van der Waals surface area contributed by atoms with Gasteiger partial charge in [-0.2, -0.15) is 52.7 Å². The van der Waals surface area contributed by atoms with Crippen LogP contribution in [0.2, 0.25) is 0 Å². The molecule has 95 heavy (non-hydrogen) atoms. The highest BCUT2D eigenvalue weighted by Gasteiger charge is 2.79. The zero-order valence-electron chi connectivity index (χ0n) is 60.3. The van der Waals surface area contributed by atoms with Crippen molar-refractivity contribution in [3.8, 4) is 0 Å². The third-order valence-corrected chi connectivity index (χ3v) is 17.2. The van der Waals surface area contributed by atoms with E-state index in [1.54, 1.807) is 62.3 Å². The van der Waals surface area contributed by atoms with Gasteiger partial charge in [-0.15, -0.1) is 0 Å². The summed E-state index contributed by atoms with van der Waals surface area (Å²) in [7, 11) is 0. The minimum atomic E-state index is -6.43. The molecule has 0 radical (unpaired) electrons. The molecule has 0 N–H and O–H groups in total. The molecule has 2 saturated carbocycles. The predicted molar refractivity (Wildman–Crippen MR) is 331 cm³/mol. The van der Waals surface area contributed by atoms with Crippen molar-refractivity contribution < 1.29 is 129 Å². The monoisotopic (exact) mass is 1400 g/mol. The molecule has 560 valence electrons. The minimum absolute atomic E-state index is 0.00702. The van der Waals surface area contributed by atoms with Crippen LogP contribution in [0.15, 0.2) is 0 Å². The normalized spacial score (nSPS) is 16.0. The molecule has 2 fully saturated rings.